The fraction of sp³-hybridized carbons (Fsp3) is 0.647. The predicted molar refractivity (Wildman–Crippen MR) is 187 cm³/mol. The number of piperidine rings is 1. The normalized spacial score (nSPS) is 19.1. The molecular formula is C34H52ClN5O7S. The van der Waals surface area contributed by atoms with Crippen molar-refractivity contribution in [3.8, 4) is 10.4 Å². The van der Waals surface area contributed by atoms with Crippen molar-refractivity contribution in [2.45, 2.75) is 84.2 Å². The van der Waals surface area contributed by atoms with Crippen molar-refractivity contribution in [2.75, 3.05) is 52.7 Å². The number of halogens is 1. The molecule has 4 N–H and O–H groups in total. The van der Waals surface area contributed by atoms with Gasteiger partial charge in [0, 0.05) is 25.9 Å². The Kier molecular flexibility index (Phi) is 16.2. The number of benzene rings is 1. The van der Waals surface area contributed by atoms with E-state index in [1.165, 1.54) is 4.90 Å². The Labute approximate surface area is 294 Å². The van der Waals surface area contributed by atoms with Gasteiger partial charge in [0.05, 0.1) is 61.3 Å². The van der Waals surface area contributed by atoms with Gasteiger partial charge < -0.3 is 40.2 Å². The average Bonchev–Trinajstić information content (AvgIpc) is 3.66. The van der Waals surface area contributed by atoms with Crippen molar-refractivity contribution >= 4 is 41.5 Å². The molecule has 2 saturated heterocycles. The van der Waals surface area contributed by atoms with Crippen LogP contribution in [0.15, 0.2) is 29.8 Å². The molecule has 0 spiro atoms. The second kappa shape index (κ2) is 19.5. The number of aliphatic hydroxyl groups excluding tert-OH is 1. The highest BCUT2D eigenvalue weighted by Gasteiger charge is 2.44. The van der Waals surface area contributed by atoms with Gasteiger partial charge in [0.1, 0.15) is 12.1 Å². The highest BCUT2D eigenvalue weighted by atomic mass is 35.5. The van der Waals surface area contributed by atoms with Gasteiger partial charge >= 0.3 is 0 Å². The number of β-amino-alcohol motifs (C(OH)–C–C–N with tert-alkyl or cyclic N) is 1. The number of amides is 3. The third kappa shape index (κ3) is 12.0. The second-order valence-electron chi connectivity index (χ2n) is 13.2. The van der Waals surface area contributed by atoms with E-state index in [1.54, 1.807) is 11.3 Å². The van der Waals surface area contributed by atoms with Gasteiger partial charge in [-0.25, -0.2) is 4.98 Å². The summed E-state index contributed by atoms with van der Waals surface area (Å²) in [6.45, 7) is 11.8. The van der Waals surface area contributed by atoms with Gasteiger partial charge in [0.2, 0.25) is 17.7 Å². The van der Waals surface area contributed by atoms with Crippen molar-refractivity contribution in [2.24, 2.45) is 5.41 Å². The Morgan fingerprint density at radius 3 is 2.38 bits per heavy atom. The third-order valence-electron chi connectivity index (χ3n) is 8.42. The Morgan fingerprint density at radius 1 is 1.06 bits per heavy atom. The molecule has 2 aliphatic heterocycles. The molecule has 0 saturated carbocycles. The van der Waals surface area contributed by atoms with E-state index in [1.807, 2.05) is 57.5 Å². The number of aromatic nitrogens is 1. The number of rotatable bonds is 16. The van der Waals surface area contributed by atoms with Crippen molar-refractivity contribution in [3.63, 3.8) is 0 Å². The van der Waals surface area contributed by atoms with Crippen LogP contribution in [0.1, 0.15) is 57.7 Å². The van der Waals surface area contributed by atoms with Crippen LogP contribution in [0, 0.1) is 12.3 Å². The molecule has 4 rings (SSSR count). The molecule has 0 bridgehead atoms. The lowest BCUT2D eigenvalue weighted by Crippen LogP contribution is -2.57. The molecule has 3 amide bonds. The molecule has 1 aromatic heterocycles. The number of nitrogens with one attached hydrogen (secondary N) is 3. The van der Waals surface area contributed by atoms with Crippen LogP contribution in [0.3, 0.4) is 0 Å². The zero-order valence-corrected chi connectivity index (χ0v) is 30.1. The first kappa shape index (κ1) is 39.8. The van der Waals surface area contributed by atoms with Crippen molar-refractivity contribution < 1.29 is 33.7 Å². The fourth-order valence-corrected chi connectivity index (χ4v) is 6.55. The lowest BCUT2D eigenvalue weighted by Gasteiger charge is -2.35. The lowest BCUT2D eigenvalue weighted by atomic mass is 9.85. The van der Waals surface area contributed by atoms with E-state index < -0.39 is 29.5 Å². The summed E-state index contributed by atoms with van der Waals surface area (Å²) in [5.41, 5.74) is 4.14. The van der Waals surface area contributed by atoms with Crippen molar-refractivity contribution in [1.82, 2.24) is 25.8 Å². The maximum atomic E-state index is 13.8. The highest BCUT2D eigenvalue weighted by Crippen LogP contribution is 2.28. The van der Waals surface area contributed by atoms with Gasteiger partial charge in [-0.15, -0.1) is 23.7 Å². The summed E-state index contributed by atoms with van der Waals surface area (Å²) in [4.78, 5) is 46.7. The molecule has 1 aromatic carbocycles. The Balaban J connectivity index is 0.00000625. The van der Waals surface area contributed by atoms with E-state index in [-0.39, 0.29) is 56.8 Å². The summed E-state index contributed by atoms with van der Waals surface area (Å²) in [5.74, 6) is -1.06. The van der Waals surface area contributed by atoms with Crippen molar-refractivity contribution in [3.05, 3.63) is 41.0 Å². The first-order valence-electron chi connectivity index (χ1n) is 16.6. The molecule has 2 fully saturated rings. The van der Waals surface area contributed by atoms with Gasteiger partial charge in [0.25, 0.3) is 0 Å². The van der Waals surface area contributed by atoms with Crippen LogP contribution >= 0.6 is 23.7 Å². The molecule has 14 heteroatoms. The zero-order valence-electron chi connectivity index (χ0n) is 28.5. The average molecular weight is 710 g/mol. The van der Waals surface area contributed by atoms with Crippen LogP contribution in [0.5, 0.6) is 0 Å². The maximum absolute atomic E-state index is 13.8. The van der Waals surface area contributed by atoms with Crippen LogP contribution in [0.4, 0.5) is 0 Å². The third-order valence-corrected chi connectivity index (χ3v) is 9.40. The van der Waals surface area contributed by atoms with Gasteiger partial charge in [-0.3, -0.25) is 14.4 Å². The van der Waals surface area contributed by atoms with Crippen LogP contribution in [0.25, 0.3) is 10.4 Å². The van der Waals surface area contributed by atoms with E-state index in [9.17, 15) is 19.5 Å². The Bertz CT molecular complexity index is 1300. The number of thiazole rings is 1. The molecule has 3 atom stereocenters. The van der Waals surface area contributed by atoms with E-state index in [4.69, 9.17) is 14.2 Å². The summed E-state index contributed by atoms with van der Waals surface area (Å²) < 4.78 is 16.9. The quantitative estimate of drug-likeness (QED) is 0.193. The minimum absolute atomic E-state index is 0. The van der Waals surface area contributed by atoms with Crippen LogP contribution < -0.4 is 16.0 Å². The smallest absolute Gasteiger partial charge is 0.246 e. The molecule has 48 heavy (non-hydrogen) atoms. The molecular weight excluding hydrogens is 658 g/mol. The molecule has 268 valence electrons. The van der Waals surface area contributed by atoms with Gasteiger partial charge in [-0.05, 0) is 49.4 Å². The van der Waals surface area contributed by atoms with Crippen LogP contribution in [-0.4, -0.2) is 110 Å². The van der Waals surface area contributed by atoms with Gasteiger partial charge in [0.15, 0.2) is 0 Å². The van der Waals surface area contributed by atoms with E-state index >= 15 is 0 Å². The first-order valence-corrected chi connectivity index (χ1v) is 17.4. The van der Waals surface area contributed by atoms with E-state index in [2.05, 4.69) is 20.9 Å². The first-order chi connectivity index (χ1) is 22.5. The Hall–Kier alpha value is -2.65. The minimum atomic E-state index is -0.887. The van der Waals surface area contributed by atoms with Crippen LogP contribution in [0.2, 0.25) is 0 Å². The number of carbonyl (C=O) groups excluding carboxylic acids is 3. The number of hydrogen-bond acceptors (Lipinski definition) is 10. The number of carbonyl (C=O) groups is 3. The fourth-order valence-electron chi connectivity index (χ4n) is 5.74. The lowest BCUT2D eigenvalue weighted by molar-refractivity contribution is -0.144. The molecule has 3 heterocycles. The maximum Gasteiger partial charge on any atom is 0.246 e. The number of ether oxygens (including phenoxy) is 3. The summed E-state index contributed by atoms with van der Waals surface area (Å²) in [6, 6.07) is 6.18. The summed E-state index contributed by atoms with van der Waals surface area (Å²) in [7, 11) is 0. The monoisotopic (exact) mass is 709 g/mol. The number of aryl methyl sites for hydroxylation is 1. The topological polar surface area (TPSA) is 151 Å². The van der Waals surface area contributed by atoms with E-state index in [0.717, 1.165) is 47.6 Å². The standard InChI is InChI=1S/C34H51N5O7S.ClH/c1-23-30(47-22-37-23)25-7-5-24(6-8-25)20-36-32(42)28-19-26(40)21-39(28)33(43)31(34(2,3)4)38-29(41)11-14-44-15-16-45-17-18-46-27-9-12-35-13-10-27;/h5-8,22,26-28,31,35,40H,9-21H2,1-4H3,(H,36,42)(H,38,41);1H/t26-,28+,31-;/m1./s1. The number of nitrogens with zero attached hydrogens (tertiary/aromatic N) is 2. The molecule has 0 aliphatic carbocycles. The SMILES string of the molecule is Cc1ncsc1-c1ccc(CNC(=O)[C@@H]2C[C@@H](O)CN2C(=O)[C@@H](NC(=O)CCOCCOCCOC2CCNCC2)C(C)(C)C)cc1.Cl. The Morgan fingerprint density at radius 2 is 1.73 bits per heavy atom. The minimum Gasteiger partial charge on any atom is -0.391 e. The summed E-state index contributed by atoms with van der Waals surface area (Å²) in [5, 5.41) is 19.5. The number of likely N-dealkylation sites (tertiary alicyclic amines) is 1. The van der Waals surface area contributed by atoms with E-state index in [0.29, 0.717) is 32.5 Å². The largest absolute Gasteiger partial charge is 0.391 e. The molecule has 2 aliphatic rings. The van der Waals surface area contributed by atoms with Gasteiger partial charge in [-0.2, -0.15) is 0 Å². The molecule has 12 nitrogen and oxygen atoms in total. The molecule has 2 aromatic rings. The number of hydrogen-bond donors (Lipinski definition) is 4. The zero-order chi connectivity index (χ0) is 33.8. The summed E-state index contributed by atoms with van der Waals surface area (Å²) in [6.07, 6.45) is 1.71. The second-order valence-corrected chi connectivity index (χ2v) is 14.1. The van der Waals surface area contributed by atoms with Gasteiger partial charge in [-0.1, -0.05) is 45.0 Å². The molecule has 0 unspecified atom stereocenters. The predicted octanol–water partition coefficient (Wildman–Crippen LogP) is 2.84. The van der Waals surface area contributed by atoms with Crippen molar-refractivity contribution in [1.29, 1.82) is 0 Å². The van der Waals surface area contributed by atoms with Crippen LogP contribution in [-0.2, 0) is 35.1 Å². The highest BCUT2D eigenvalue weighted by molar-refractivity contribution is 7.13. The summed E-state index contributed by atoms with van der Waals surface area (Å²) >= 11 is 1.58. The molecule has 0 radical (unpaired) electrons. The number of aliphatic hydroxyl groups is 1.